The normalized spacial score (nSPS) is 29.6. The molecular weight excluding hydrogens is 200 g/mol. The molecule has 1 aliphatic carbocycles. The summed E-state index contributed by atoms with van der Waals surface area (Å²) in [5.41, 5.74) is 0. The van der Waals surface area contributed by atoms with Gasteiger partial charge in [0.1, 0.15) is 5.78 Å². The Morgan fingerprint density at radius 3 is 2.73 bits per heavy atom. The van der Waals surface area contributed by atoms with Crippen molar-refractivity contribution in [1.29, 1.82) is 0 Å². The topological polar surface area (TPSA) is 72.8 Å². The number of aliphatic carboxylic acids is 1. The van der Waals surface area contributed by atoms with E-state index in [0.29, 0.717) is 32.5 Å². The molecule has 2 rings (SSSR count). The number of carbonyl (C=O) groups is 2. The molecule has 1 unspecified atom stereocenters. The molecule has 2 fully saturated rings. The van der Waals surface area contributed by atoms with Gasteiger partial charge in [-0.05, 0) is 0 Å². The largest absolute Gasteiger partial charge is 0.481 e. The van der Waals surface area contributed by atoms with E-state index in [1.165, 1.54) is 0 Å². The zero-order valence-electron chi connectivity index (χ0n) is 8.40. The maximum atomic E-state index is 11.5. The third-order valence-corrected chi connectivity index (χ3v) is 3.00. The van der Waals surface area contributed by atoms with Crippen LogP contribution in [0.2, 0.25) is 0 Å². The lowest BCUT2D eigenvalue weighted by Crippen LogP contribution is -2.41. The Morgan fingerprint density at radius 2 is 2.13 bits per heavy atom. The van der Waals surface area contributed by atoms with Crippen LogP contribution in [0.25, 0.3) is 0 Å². The summed E-state index contributed by atoms with van der Waals surface area (Å²) in [7, 11) is 0. The van der Waals surface area contributed by atoms with Crippen molar-refractivity contribution >= 4 is 11.8 Å². The average molecular weight is 214 g/mol. The Balaban J connectivity index is 2.03. The van der Waals surface area contributed by atoms with Crippen LogP contribution in [0.4, 0.5) is 0 Å². The van der Waals surface area contributed by atoms with E-state index in [1.54, 1.807) is 0 Å². The summed E-state index contributed by atoms with van der Waals surface area (Å²) in [5, 5.41) is 8.68. The Hall–Kier alpha value is -0.940. The summed E-state index contributed by atoms with van der Waals surface area (Å²) >= 11 is 0. The van der Waals surface area contributed by atoms with Gasteiger partial charge in [0, 0.05) is 25.2 Å². The van der Waals surface area contributed by atoms with Crippen molar-refractivity contribution in [2.24, 2.45) is 5.92 Å². The predicted octanol–water partition coefficient (Wildman–Crippen LogP) is 0.573. The van der Waals surface area contributed by atoms with Gasteiger partial charge >= 0.3 is 5.97 Å². The van der Waals surface area contributed by atoms with Gasteiger partial charge in [-0.2, -0.15) is 0 Å². The molecule has 1 heterocycles. The highest BCUT2D eigenvalue weighted by atomic mass is 16.7. The van der Waals surface area contributed by atoms with Crippen LogP contribution in [0, 0.1) is 5.92 Å². The molecule has 1 aliphatic heterocycles. The highest BCUT2D eigenvalue weighted by molar-refractivity contribution is 5.85. The fourth-order valence-corrected chi connectivity index (χ4v) is 2.27. The van der Waals surface area contributed by atoms with Crippen molar-refractivity contribution in [3.63, 3.8) is 0 Å². The third kappa shape index (κ3) is 2.18. The lowest BCUT2D eigenvalue weighted by atomic mass is 9.82. The van der Waals surface area contributed by atoms with Gasteiger partial charge in [0.2, 0.25) is 0 Å². The van der Waals surface area contributed by atoms with Crippen LogP contribution in [0.1, 0.15) is 25.7 Å². The SMILES string of the molecule is O=C(O)CC1CC2(CCC1=O)OCCO2. The first-order valence-electron chi connectivity index (χ1n) is 5.14. The van der Waals surface area contributed by atoms with E-state index >= 15 is 0 Å². The number of ketones is 1. The number of Topliss-reactive ketones (excluding diaryl/α,β-unsaturated/α-hetero) is 1. The van der Waals surface area contributed by atoms with E-state index in [4.69, 9.17) is 14.6 Å². The Kier molecular flexibility index (Phi) is 2.75. The van der Waals surface area contributed by atoms with Crippen LogP contribution in [0.15, 0.2) is 0 Å². The zero-order valence-corrected chi connectivity index (χ0v) is 8.40. The second kappa shape index (κ2) is 3.90. The molecule has 0 bridgehead atoms. The van der Waals surface area contributed by atoms with Gasteiger partial charge in [-0.15, -0.1) is 0 Å². The maximum absolute atomic E-state index is 11.5. The highest BCUT2D eigenvalue weighted by Crippen LogP contribution is 2.38. The second-order valence-corrected chi connectivity index (χ2v) is 4.07. The molecule has 84 valence electrons. The highest BCUT2D eigenvalue weighted by Gasteiger charge is 2.45. The fourth-order valence-electron chi connectivity index (χ4n) is 2.27. The fraction of sp³-hybridized carbons (Fsp3) is 0.800. The first-order chi connectivity index (χ1) is 7.11. The molecule has 1 saturated carbocycles. The van der Waals surface area contributed by atoms with Crippen molar-refractivity contribution in [2.45, 2.75) is 31.5 Å². The van der Waals surface area contributed by atoms with Gasteiger partial charge in [-0.1, -0.05) is 0 Å². The summed E-state index contributed by atoms with van der Waals surface area (Å²) in [4.78, 5) is 22.1. The van der Waals surface area contributed by atoms with Crippen LogP contribution < -0.4 is 0 Å². The van der Waals surface area contributed by atoms with Crippen LogP contribution >= 0.6 is 0 Å². The summed E-state index contributed by atoms with van der Waals surface area (Å²) in [6.45, 7) is 1.07. The number of hydrogen-bond donors (Lipinski definition) is 1. The average Bonchev–Trinajstić information content (AvgIpc) is 2.60. The van der Waals surface area contributed by atoms with E-state index in [-0.39, 0.29) is 12.2 Å². The summed E-state index contributed by atoms with van der Waals surface area (Å²) in [6.07, 6.45) is 1.19. The monoisotopic (exact) mass is 214 g/mol. The van der Waals surface area contributed by atoms with Crippen molar-refractivity contribution in [1.82, 2.24) is 0 Å². The Labute approximate surface area is 87.4 Å². The molecule has 0 radical (unpaired) electrons. The van der Waals surface area contributed by atoms with Gasteiger partial charge in [-0.25, -0.2) is 0 Å². The van der Waals surface area contributed by atoms with Crippen LogP contribution in [0.5, 0.6) is 0 Å². The lowest BCUT2D eigenvalue weighted by Gasteiger charge is -2.34. The summed E-state index contributed by atoms with van der Waals surface area (Å²) < 4.78 is 10.9. The Bertz CT molecular complexity index is 280. The summed E-state index contributed by atoms with van der Waals surface area (Å²) in [6, 6.07) is 0. The van der Waals surface area contributed by atoms with Gasteiger partial charge in [-0.3, -0.25) is 9.59 Å². The van der Waals surface area contributed by atoms with E-state index in [0.717, 1.165) is 0 Å². The van der Waals surface area contributed by atoms with Gasteiger partial charge < -0.3 is 14.6 Å². The molecule has 5 heteroatoms. The van der Waals surface area contributed by atoms with E-state index < -0.39 is 17.7 Å². The number of ether oxygens (including phenoxy) is 2. The molecule has 1 saturated heterocycles. The van der Waals surface area contributed by atoms with Gasteiger partial charge in [0.25, 0.3) is 0 Å². The van der Waals surface area contributed by atoms with E-state index in [9.17, 15) is 9.59 Å². The lowest BCUT2D eigenvalue weighted by molar-refractivity contribution is -0.190. The molecule has 1 atom stereocenters. The molecule has 1 spiro atoms. The Morgan fingerprint density at radius 1 is 1.47 bits per heavy atom. The molecule has 5 nitrogen and oxygen atoms in total. The summed E-state index contributed by atoms with van der Waals surface area (Å²) in [5.74, 6) is -2.05. The molecule has 1 N–H and O–H groups in total. The van der Waals surface area contributed by atoms with Crippen molar-refractivity contribution in [3.8, 4) is 0 Å². The zero-order chi connectivity index (χ0) is 10.9. The molecule has 0 amide bonds. The predicted molar refractivity (Wildman–Crippen MR) is 49.2 cm³/mol. The van der Waals surface area contributed by atoms with Crippen LogP contribution in [0.3, 0.4) is 0 Å². The minimum Gasteiger partial charge on any atom is -0.481 e. The van der Waals surface area contributed by atoms with Crippen LogP contribution in [-0.4, -0.2) is 35.9 Å². The quantitative estimate of drug-likeness (QED) is 0.727. The van der Waals surface area contributed by atoms with Gasteiger partial charge in [0.15, 0.2) is 5.79 Å². The molecule has 0 aromatic carbocycles. The number of carboxylic acid groups (broad SMARTS) is 1. The molecular formula is C10H14O5. The van der Waals surface area contributed by atoms with Crippen LogP contribution in [-0.2, 0) is 19.1 Å². The first-order valence-corrected chi connectivity index (χ1v) is 5.14. The minimum atomic E-state index is -0.941. The van der Waals surface area contributed by atoms with Crippen molar-refractivity contribution in [2.75, 3.05) is 13.2 Å². The second-order valence-electron chi connectivity index (χ2n) is 4.07. The number of hydrogen-bond acceptors (Lipinski definition) is 4. The molecule has 2 aliphatic rings. The first kappa shape index (κ1) is 10.6. The van der Waals surface area contributed by atoms with E-state index in [2.05, 4.69) is 0 Å². The molecule has 0 aromatic heterocycles. The third-order valence-electron chi connectivity index (χ3n) is 3.00. The number of rotatable bonds is 2. The number of carboxylic acids is 1. The molecule has 0 aromatic rings. The maximum Gasteiger partial charge on any atom is 0.304 e. The smallest absolute Gasteiger partial charge is 0.304 e. The van der Waals surface area contributed by atoms with E-state index in [1.807, 2.05) is 0 Å². The van der Waals surface area contributed by atoms with Gasteiger partial charge in [0.05, 0.1) is 19.6 Å². The van der Waals surface area contributed by atoms with Crippen molar-refractivity contribution < 1.29 is 24.2 Å². The molecule has 15 heavy (non-hydrogen) atoms. The minimum absolute atomic E-state index is 0.0159. The standard InChI is InChI=1S/C10H14O5/c11-8-1-2-10(14-3-4-15-10)6-7(8)5-9(12)13/h7H,1-6H2,(H,12,13). The number of carbonyl (C=O) groups excluding carboxylic acids is 1. The van der Waals surface area contributed by atoms with Crippen molar-refractivity contribution in [3.05, 3.63) is 0 Å².